The smallest absolute Gasteiger partial charge is 0.240 e. The molecular weight excluding hydrogens is 406 g/mol. The van der Waals surface area contributed by atoms with Crippen LogP contribution >= 0.6 is 0 Å². The molecule has 1 aliphatic heterocycles. The van der Waals surface area contributed by atoms with Crippen LogP contribution in [0.1, 0.15) is 17.3 Å². The summed E-state index contributed by atoms with van der Waals surface area (Å²) < 4.78 is 38.6. The van der Waals surface area contributed by atoms with Gasteiger partial charge in [0.05, 0.1) is 30.3 Å². The van der Waals surface area contributed by atoms with E-state index in [2.05, 4.69) is 19.7 Å². The van der Waals surface area contributed by atoms with E-state index in [1.807, 2.05) is 11.8 Å². The minimum atomic E-state index is -3.69. The predicted molar refractivity (Wildman–Crippen MR) is 111 cm³/mol. The monoisotopic (exact) mass is 429 g/mol. The first kappa shape index (κ1) is 20.5. The number of rotatable bonds is 6. The minimum absolute atomic E-state index is 0.0767. The normalized spacial score (nSPS) is 14.8. The zero-order valence-corrected chi connectivity index (χ0v) is 17.6. The van der Waals surface area contributed by atoms with E-state index in [9.17, 15) is 8.42 Å². The SMILES string of the molecule is Cc1cc(CNS(=O)(=O)c2ccc(-c3coc(C)n3)cc2)nc(N2CCOCC2)n1. The van der Waals surface area contributed by atoms with Crippen molar-refractivity contribution in [2.45, 2.75) is 25.3 Å². The fourth-order valence-electron chi connectivity index (χ4n) is 3.17. The second-order valence-corrected chi connectivity index (χ2v) is 8.77. The van der Waals surface area contributed by atoms with Crippen LogP contribution in [-0.2, 0) is 21.3 Å². The number of hydrogen-bond donors (Lipinski definition) is 1. The van der Waals surface area contributed by atoms with E-state index in [0.29, 0.717) is 49.5 Å². The van der Waals surface area contributed by atoms with E-state index in [1.54, 1.807) is 43.5 Å². The molecule has 0 aliphatic carbocycles. The number of benzene rings is 1. The van der Waals surface area contributed by atoms with Gasteiger partial charge in [0.1, 0.15) is 12.0 Å². The van der Waals surface area contributed by atoms with E-state index < -0.39 is 10.0 Å². The van der Waals surface area contributed by atoms with Crippen LogP contribution in [0, 0.1) is 13.8 Å². The number of anilines is 1. The van der Waals surface area contributed by atoms with Gasteiger partial charge in [-0.2, -0.15) is 0 Å². The van der Waals surface area contributed by atoms with Crippen LogP contribution in [-0.4, -0.2) is 49.7 Å². The summed E-state index contributed by atoms with van der Waals surface area (Å²) in [5, 5.41) is 0. The Morgan fingerprint density at radius 3 is 2.47 bits per heavy atom. The number of aromatic nitrogens is 3. The Hall–Kier alpha value is -2.82. The van der Waals surface area contributed by atoms with Crippen LogP contribution in [0.25, 0.3) is 11.3 Å². The predicted octanol–water partition coefficient (Wildman–Crippen LogP) is 2.06. The molecule has 1 saturated heterocycles. The molecule has 1 aliphatic rings. The quantitative estimate of drug-likeness (QED) is 0.634. The van der Waals surface area contributed by atoms with Gasteiger partial charge in [0.15, 0.2) is 5.89 Å². The third kappa shape index (κ3) is 4.66. The standard InChI is InChI=1S/C20H23N5O4S/c1-14-11-17(24-20(22-14)25-7-9-28-10-8-25)12-21-30(26,27)18-5-3-16(4-6-18)19-13-29-15(2)23-19/h3-6,11,13,21H,7-10,12H2,1-2H3. The lowest BCUT2D eigenvalue weighted by Crippen LogP contribution is -2.37. The van der Waals surface area contributed by atoms with Crippen molar-refractivity contribution in [2.75, 3.05) is 31.2 Å². The van der Waals surface area contributed by atoms with Crippen molar-refractivity contribution >= 4 is 16.0 Å². The van der Waals surface area contributed by atoms with Crippen molar-refractivity contribution in [3.8, 4) is 11.3 Å². The van der Waals surface area contributed by atoms with Gasteiger partial charge in [0.2, 0.25) is 16.0 Å². The molecule has 0 spiro atoms. The van der Waals surface area contributed by atoms with Crippen LogP contribution in [0.4, 0.5) is 5.95 Å². The average molecular weight is 430 g/mol. The molecule has 0 bridgehead atoms. The third-order valence-electron chi connectivity index (χ3n) is 4.71. The van der Waals surface area contributed by atoms with Crippen molar-refractivity contribution in [1.82, 2.24) is 19.7 Å². The maximum atomic E-state index is 12.7. The van der Waals surface area contributed by atoms with E-state index in [1.165, 1.54) is 0 Å². The van der Waals surface area contributed by atoms with Crippen molar-refractivity contribution in [3.05, 3.63) is 53.9 Å². The average Bonchev–Trinajstić information content (AvgIpc) is 3.19. The van der Waals surface area contributed by atoms with E-state index in [-0.39, 0.29) is 11.4 Å². The molecule has 2 aromatic heterocycles. The highest BCUT2D eigenvalue weighted by molar-refractivity contribution is 7.89. The molecule has 1 N–H and O–H groups in total. The molecule has 1 aromatic carbocycles. The Morgan fingerprint density at radius 2 is 1.80 bits per heavy atom. The Bertz CT molecular complexity index is 1120. The van der Waals surface area contributed by atoms with Crippen molar-refractivity contribution in [1.29, 1.82) is 0 Å². The molecule has 3 heterocycles. The first-order chi connectivity index (χ1) is 14.4. The highest BCUT2D eigenvalue weighted by Gasteiger charge is 2.18. The largest absolute Gasteiger partial charge is 0.449 e. The number of ether oxygens (including phenoxy) is 1. The number of hydrogen-bond acceptors (Lipinski definition) is 8. The zero-order chi connectivity index (χ0) is 21.1. The molecule has 1 fully saturated rings. The summed E-state index contributed by atoms with van der Waals surface area (Å²) in [4.78, 5) is 15.5. The maximum Gasteiger partial charge on any atom is 0.240 e. The van der Waals surface area contributed by atoms with Gasteiger partial charge >= 0.3 is 0 Å². The fraction of sp³-hybridized carbons (Fsp3) is 0.350. The Labute approximate surface area is 175 Å². The van der Waals surface area contributed by atoms with Gasteiger partial charge in [-0.25, -0.2) is 28.1 Å². The lowest BCUT2D eigenvalue weighted by atomic mass is 10.2. The molecule has 0 radical (unpaired) electrons. The number of aryl methyl sites for hydroxylation is 2. The number of nitrogens with one attached hydrogen (secondary N) is 1. The topological polar surface area (TPSA) is 110 Å². The number of sulfonamides is 1. The van der Waals surface area contributed by atoms with Gasteiger partial charge in [0.25, 0.3) is 0 Å². The van der Waals surface area contributed by atoms with Crippen LogP contribution in [0.5, 0.6) is 0 Å². The van der Waals surface area contributed by atoms with Crippen LogP contribution < -0.4 is 9.62 Å². The highest BCUT2D eigenvalue weighted by Crippen LogP contribution is 2.21. The molecule has 30 heavy (non-hydrogen) atoms. The molecule has 0 unspecified atom stereocenters. The zero-order valence-electron chi connectivity index (χ0n) is 16.8. The fourth-order valence-corrected chi connectivity index (χ4v) is 4.16. The number of oxazole rings is 1. The lowest BCUT2D eigenvalue weighted by molar-refractivity contribution is 0.122. The summed E-state index contributed by atoms with van der Waals surface area (Å²) in [5.41, 5.74) is 2.85. The molecule has 10 heteroatoms. The summed E-state index contributed by atoms with van der Waals surface area (Å²) in [6, 6.07) is 8.29. The van der Waals surface area contributed by atoms with Crippen molar-refractivity contribution < 1.29 is 17.6 Å². The lowest BCUT2D eigenvalue weighted by Gasteiger charge is -2.27. The number of nitrogens with zero attached hydrogens (tertiary/aromatic N) is 4. The summed E-state index contributed by atoms with van der Waals surface area (Å²) >= 11 is 0. The van der Waals surface area contributed by atoms with E-state index >= 15 is 0 Å². The molecular formula is C20H23N5O4S. The first-order valence-electron chi connectivity index (χ1n) is 9.60. The van der Waals surface area contributed by atoms with Crippen LogP contribution in [0.2, 0.25) is 0 Å². The van der Waals surface area contributed by atoms with Gasteiger partial charge in [-0.1, -0.05) is 12.1 Å². The molecule has 0 saturated carbocycles. The molecule has 9 nitrogen and oxygen atoms in total. The van der Waals surface area contributed by atoms with Gasteiger partial charge in [-0.05, 0) is 25.1 Å². The van der Waals surface area contributed by atoms with Crippen molar-refractivity contribution in [3.63, 3.8) is 0 Å². The second kappa shape index (κ2) is 8.50. The maximum absolute atomic E-state index is 12.7. The van der Waals surface area contributed by atoms with Gasteiger partial charge in [0, 0.05) is 31.3 Å². The van der Waals surface area contributed by atoms with Gasteiger partial charge in [-0.15, -0.1) is 0 Å². The Kier molecular flexibility index (Phi) is 5.80. The van der Waals surface area contributed by atoms with Crippen LogP contribution in [0.15, 0.2) is 45.9 Å². The third-order valence-corrected chi connectivity index (χ3v) is 6.13. The Morgan fingerprint density at radius 1 is 1.07 bits per heavy atom. The summed E-state index contributed by atoms with van der Waals surface area (Å²) in [6.45, 7) is 6.39. The molecule has 3 aromatic rings. The molecule has 158 valence electrons. The summed E-state index contributed by atoms with van der Waals surface area (Å²) in [7, 11) is -3.69. The molecule has 0 amide bonds. The number of morpholine rings is 1. The highest BCUT2D eigenvalue weighted by atomic mass is 32.2. The van der Waals surface area contributed by atoms with Crippen LogP contribution in [0.3, 0.4) is 0 Å². The van der Waals surface area contributed by atoms with E-state index in [4.69, 9.17) is 9.15 Å². The molecule has 4 rings (SSSR count). The first-order valence-corrected chi connectivity index (χ1v) is 11.1. The summed E-state index contributed by atoms with van der Waals surface area (Å²) in [6.07, 6.45) is 1.54. The molecule has 0 atom stereocenters. The van der Waals surface area contributed by atoms with Crippen molar-refractivity contribution in [2.24, 2.45) is 0 Å². The van der Waals surface area contributed by atoms with Gasteiger partial charge < -0.3 is 14.1 Å². The second-order valence-electron chi connectivity index (χ2n) is 7.00. The van der Waals surface area contributed by atoms with E-state index in [0.717, 1.165) is 11.3 Å². The minimum Gasteiger partial charge on any atom is -0.449 e. The Balaban J connectivity index is 1.47. The summed E-state index contributed by atoms with van der Waals surface area (Å²) in [5.74, 6) is 1.15. The van der Waals surface area contributed by atoms with Gasteiger partial charge in [-0.3, -0.25) is 0 Å².